The van der Waals surface area contributed by atoms with E-state index in [0.29, 0.717) is 38.9 Å². The highest BCUT2D eigenvalue weighted by Gasteiger charge is 2.22. The fourth-order valence-corrected chi connectivity index (χ4v) is 3.40. The third-order valence-electron chi connectivity index (χ3n) is 4.96. The van der Waals surface area contributed by atoms with Gasteiger partial charge in [-0.2, -0.15) is 4.98 Å². The Bertz CT molecular complexity index is 1220. The SMILES string of the molecule is CC[C@H](C)Nc1ncc2cc(C(=O)c3ccccc3Cl)n(-c3ccc(F)cc3)c2n1. The van der Waals surface area contributed by atoms with Gasteiger partial charge in [-0.15, -0.1) is 0 Å². The molecule has 30 heavy (non-hydrogen) atoms. The van der Waals surface area contributed by atoms with Crippen LogP contribution in [0.1, 0.15) is 36.3 Å². The number of fused-ring (bicyclic) bond motifs is 1. The van der Waals surface area contributed by atoms with Gasteiger partial charge >= 0.3 is 0 Å². The Labute approximate surface area is 178 Å². The van der Waals surface area contributed by atoms with E-state index in [1.807, 2.05) is 6.92 Å². The van der Waals surface area contributed by atoms with Crippen LogP contribution in [0, 0.1) is 5.82 Å². The van der Waals surface area contributed by atoms with Crippen molar-refractivity contribution in [2.45, 2.75) is 26.3 Å². The fourth-order valence-electron chi connectivity index (χ4n) is 3.18. The molecule has 0 amide bonds. The maximum absolute atomic E-state index is 13.5. The Kier molecular flexibility index (Phi) is 5.50. The van der Waals surface area contributed by atoms with Crippen LogP contribution in [0.15, 0.2) is 60.8 Å². The molecule has 2 heterocycles. The molecule has 0 spiro atoms. The summed E-state index contributed by atoms with van der Waals surface area (Å²) in [5.41, 5.74) is 1.93. The zero-order valence-electron chi connectivity index (χ0n) is 16.6. The van der Waals surface area contributed by atoms with Crippen molar-refractivity contribution >= 4 is 34.4 Å². The molecule has 152 valence electrons. The van der Waals surface area contributed by atoms with E-state index in [1.54, 1.807) is 53.2 Å². The Hall–Kier alpha value is -3.25. The van der Waals surface area contributed by atoms with E-state index >= 15 is 0 Å². The van der Waals surface area contributed by atoms with Gasteiger partial charge in [-0.3, -0.25) is 9.36 Å². The first kappa shape index (κ1) is 20.0. The molecular weight excluding hydrogens is 403 g/mol. The van der Waals surface area contributed by atoms with Crippen LogP contribution in [0.25, 0.3) is 16.7 Å². The molecule has 2 aromatic heterocycles. The normalized spacial score (nSPS) is 12.1. The van der Waals surface area contributed by atoms with E-state index in [2.05, 4.69) is 22.2 Å². The Morgan fingerprint density at radius 2 is 1.93 bits per heavy atom. The molecule has 7 heteroatoms. The summed E-state index contributed by atoms with van der Waals surface area (Å²) in [5.74, 6) is -0.141. The zero-order valence-corrected chi connectivity index (χ0v) is 17.3. The second-order valence-corrected chi connectivity index (χ2v) is 7.48. The lowest BCUT2D eigenvalue weighted by molar-refractivity contribution is 0.103. The number of carbonyl (C=O) groups excluding carboxylic acids is 1. The minimum Gasteiger partial charge on any atom is -0.352 e. The number of ketones is 1. The number of nitrogens with one attached hydrogen (secondary N) is 1. The third-order valence-corrected chi connectivity index (χ3v) is 5.29. The van der Waals surface area contributed by atoms with Gasteiger partial charge in [-0.1, -0.05) is 30.7 Å². The van der Waals surface area contributed by atoms with Crippen LogP contribution in [0.3, 0.4) is 0 Å². The molecule has 0 fully saturated rings. The van der Waals surface area contributed by atoms with Crippen LogP contribution in [0.2, 0.25) is 5.02 Å². The van der Waals surface area contributed by atoms with Crippen LogP contribution in [0.5, 0.6) is 0 Å². The number of rotatable bonds is 6. The van der Waals surface area contributed by atoms with Crippen LogP contribution < -0.4 is 5.32 Å². The largest absolute Gasteiger partial charge is 0.352 e. The Morgan fingerprint density at radius 3 is 2.63 bits per heavy atom. The van der Waals surface area contributed by atoms with E-state index < -0.39 is 0 Å². The van der Waals surface area contributed by atoms with Crippen molar-refractivity contribution in [1.82, 2.24) is 14.5 Å². The molecule has 2 aromatic carbocycles. The Morgan fingerprint density at radius 1 is 1.20 bits per heavy atom. The zero-order chi connectivity index (χ0) is 21.3. The molecule has 4 rings (SSSR count). The molecule has 1 N–H and O–H groups in total. The monoisotopic (exact) mass is 422 g/mol. The van der Waals surface area contributed by atoms with Crippen molar-refractivity contribution < 1.29 is 9.18 Å². The standard InChI is InChI=1S/C23H20ClFN4O/c1-3-14(2)27-23-26-13-15-12-20(21(30)18-6-4-5-7-19(18)24)29(22(15)28-23)17-10-8-16(25)9-11-17/h4-14H,3H2,1-2H3,(H,26,27,28)/t14-/m0/s1. The Balaban J connectivity index is 1.93. The summed E-state index contributed by atoms with van der Waals surface area (Å²) in [6, 6.07) is 14.7. The number of halogens is 2. The van der Waals surface area contributed by atoms with E-state index in [0.717, 1.165) is 6.42 Å². The molecule has 0 unspecified atom stereocenters. The van der Waals surface area contributed by atoms with Gasteiger partial charge in [-0.05, 0) is 55.8 Å². The molecule has 5 nitrogen and oxygen atoms in total. The number of hydrogen-bond acceptors (Lipinski definition) is 4. The van der Waals surface area contributed by atoms with Crippen molar-refractivity contribution in [3.8, 4) is 5.69 Å². The molecule has 0 radical (unpaired) electrons. The lowest BCUT2D eigenvalue weighted by atomic mass is 10.1. The smallest absolute Gasteiger partial charge is 0.224 e. The van der Waals surface area contributed by atoms with Gasteiger partial charge in [0.15, 0.2) is 5.65 Å². The summed E-state index contributed by atoms with van der Waals surface area (Å²) in [5, 5.41) is 4.31. The minimum atomic E-state index is -0.358. The van der Waals surface area contributed by atoms with Crippen molar-refractivity contribution in [2.75, 3.05) is 5.32 Å². The summed E-state index contributed by atoms with van der Waals surface area (Å²) < 4.78 is 15.2. The minimum absolute atomic E-state index is 0.195. The van der Waals surface area contributed by atoms with Crippen LogP contribution in [-0.2, 0) is 0 Å². The van der Waals surface area contributed by atoms with Crippen LogP contribution in [-0.4, -0.2) is 26.4 Å². The maximum Gasteiger partial charge on any atom is 0.224 e. The van der Waals surface area contributed by atoms with Crippen LogP contribution >= 0.6 is 11.6 Å². The predicted molar refractivity (Wildman–Crippen MR) is 117 cm³/mol. The molecule has 1 atom stereocenters. The van der Waals surface area contributed by atoms with Gasteiger partial charge in [-0.25, -0.2) is 9.37 Å². The second kappa shape index (κ2) is 8.24. The van der Waals surface area contributed by atoms with E-state index in [1.165, 1.54) is 12.1 Å². The molecule has 0 aliphatic rings. The number of carbonyl (C=O) groups is 1. The highest BCUT2D eigenvalue weighted by molar-refractivity contribution is 6.35. The second-order valence-electron chi connectivity index (χ2n) is 7.08. The molecule has 0 aliphatic heterocycles. The number of nitrogens with zero attached hydrogens (tertiary/aromatic N) is 3. The first-order valence-corrected chi connectivity index (χ1v) is 10.1. The van der Waals surface area contributed by atoms with Crippen molar-refractivity contribution in [2.24, 2.45) is 0 Å². The first-order chi connectivity index (χ1) is 14.5. The number of hydrogen-bond donors (Lipinski definition) is 1. The van der Waals surface area contributed by atoms with Crippen molar-refractivity contribution in [1.29, 1.82) is 0 Å². The van der Waals surface area contributed by atoms with Gasteiger partial charge in [0, 0.05) is 28.9 Å². The molecule has 0 aliphatic carbocycles. The van der Waals surface area contributed by atoms with Gasteiger partial charge in [0.1, 0.15) is 5.82 Å². The molecule has 0 bridgehead atoms. The highest BCUT2D eigenvalue weighted by Crippen LogP contribution is 2.28. The molecule has 4 aromatic rings. The predicted octanol–water partition coefficient (Wildman–Crippen LogP) is 5.65. The van der Waals surface area contributed by atoms with Gasteiger partial charge in [0.05, 0.1) is 10.7 Å². The number of benzene rings is 2. The summed E-state index contributed by atoms with van der Waals surface area (Å²) in [6.45, 7) is 4.11. The topological polar surface area (TPSA) is 59.8 Å². The molecular formula is C23H20ClFN4O. The third kappa shape index (κ3) is 3.78. The van der Waals surface area contributed by atoms with Crippen molar-refractivity contribution in [3.63, 3.8) is 0 Å². The molecule has 0 saturated heterocycles. The van der Waals surface area contributed by atoms with Gasteiger partial charge < -0.3 is 5.32 Å². The average Bonchev–Trinajstić information content (AvgIpc) is 3.13. The number of aromatic nitrogens is 3. The summed E-state index contributed by atoms with van der Waals surface area (Å²) in [7, 11) is 0. The summed E-state index contributed by atoms with van der Waals surface area (Å²) >= 11 is 6.27. The number of anilines is 1. The van der Waals surface area contributed by atoms with Crippen molar-refractivity contribution in [3.05, 3.63) is 82.9 Å². The quantitative estimate of drug-likeness (QED) is 0.407. The summed E-state index contributed by atoms with van der Waals surface area (Å²) in [4.78, 5) is 22.4. The first-order valence-electron chi connectivity index (χ1n) is 9.68. The van der Waals surface area contributed by atoms with E-state index in [4.69, 9.17) is 11.6 Å². The van der Waals surface area contributed by atoms with Gasteiger partial charge in [0.2, 0.25) is 11.7 Å². The van der Waals surface area contributed by atoms with E-state index in [9.17, 15) is 9.18 Å². The fraction of sp³-hybridized carbons (Fsp3) is 0.174. The van der Waals surface area contributed by atoms with Crippen LogP contribution in [0.4, 0.5) is 10.3 Å². The molecule has 0 saturated carbocycles. The van der Waals surface area contributed by atoms with Gasteiger partial charge in [0.25, 0.3) is 0 Å². The highest BCUT2D eigenvalue weighted by atomic mass is 35.5. The van der Waals surface area contributed by atoms with E-state index in [-0.39, 0.29) is 17.6 Å². The summed E-state index contributed by atoms with van der Waals surface area (Å²) in [6.07, 6.45) is 2.59. The average molecular weight is 423 g/mol. The maximum atomic E-state index is 13.5. The lowest BCUT2D eigenvalue weighted by Crippen LogP contribution is -2.16. The lowest BCUT2D eigenvalue weighted by Gasteiger charge is -2.13.